The molecule has 1 heterocycles. The van der Waals surface area contributed by atoms with Gasteiger partial charge >= 0.3 is 0 Å². The van der Waals surface area contributed by atoms with E-state index < -0.39 is 0 Å². The molecule has 0 aliphatic carbocycles. The van der Waals surface area contributed by atoms with Crippen molar-refractivity contribution < 1.29 is 4.74 Å². The van der Waals surface area contributed by atoms with E-state index in [-0.39, 0.29) is 0 Å². The Balaban J connectivity index is 1.96. The number of hydrogen-bond acceptors (Lipinski definition) is 2. The molecule has 2 heteroatoms. The molecule has 1 unspecified atom stereocenters. The maximum atomic E-state index is 5.58. The topological polar surface area (TPSA) is 35.2 Å². The minimum absolute atomic E-state index is 0.551. The van der Waals surface area contributed by atoms with Gasteiger partial charge in [0.05, 0.1) is 6.10 Å². The van der Waals surface area contributed by atoms with E-state index in [1.165, 1.54) is 32.1 Å². The third-order valence-corrected chi connectivity index (χ3v) is 2.25. The molecular weight excluding hydrogens is 138 g/mol. The first-order valence-corrected chi connectivity index (χ1v) is 4.75. The van der Waals surface area contributed by atoms with Crippen LogP contribution < -0.4 is 5.73 Å². The molecule has 1 aliphatic heterocycles. The predicted octanol–water partition coefficient (Wildman–Crippen LogP) is 1.68. The Bertz CT molecular complexity index is 89.6. The van der Waals surface area contributed by atoms with Crippen molar-refractivity contribution in [2.45, 2.75) is 44.6 Å². The van der Waals surface area contributed by atoms with E-state index in [2.05, 4.69) is 0 Å². The molecule has 1 fully saturated rings. The van der Waals surface area contributed by atoms with E-state index in [4.69, 9.17) is 10.5 Å². The maximum absolute atomic E-state index is 5.58. The van der Waals surface area contributed by atoms with Crippen LogP contribution in [0.5, 0.6) is 0 Å². The van der Waals surface area contributed by atoms with E-state index in [0.717, 1.165) is 19.6 Å². The zero-order chi connectivity index (χ0) is 7.94. The van der Waals surface area contributed by atoms with Crippen molar-refractivity contribution in [3.63, 3.8) is 0 Å². The van der Waals surface area contributed by atoms with Gasteiger partial charge in [0.25, 0.3) is 0 Å². The van der Waals surface area contributed by atoms with Crippen LogP contribution in [0.4, 0.5) is 0 Å². The van der Waals surface area contributed by atoms with Crippen LogP contribution in [0.1, 0.15) is 38.5 Å². The zero-order valence-electron chi connectivity index (χ0n) is 7.22. The Morgan fingerprint density at radius 2 is 2.18 bits per heavy atom. The second kappa shape index (κ2) is 5.56. The highest BCUT2D eigenvalue weighted by atomic mass is 16.5. The van der Waals surface area contributed by atoms with Gasteiger partial charge in [0, 0.05) is 6.61 Å². The Morgan fingerprint density at radius 3 is 2.82 bits per heavy atom. The van der Waals surface area contributed by atoms with E-state index >= 15 is 0 Å². The first-order valence-electron chi connectivity index (χ1n) is 4.75. The average Bonchev–Trinajstić information content (AvgIpc) is 2.07. The molecule has 2 nitrogen and oxygen atoms in total. The van der Waals surface area contributed by atoms with E-state index in [0.29, 0.717) is 6.10 Å². The van der Waals surface area contributed by atoms with Gasteiger partial charge < -0.3 is 10.5 Å². The molecule has 0 amide bonds. The molecule has 0 aromatic carbocycles. The summed E-state index contributed by atoms with van der Waals surface area (Å²) in [6.45, 7) is 1.81. The zero-order valence-corrected chi connectivity index (χ0v) is 7.22. The predicted molar refractivity (Wildman–Crippen MR) is 46.5 cm³/mol. The number of ether oxygens (including phenoxy) is 1. The van der Waals surface area contributed by atoms with Gasteiger partial charge in [-0.3, -0.25) is 0 Å². The molecule has 0 aromatic heterocycles. The third kappa shape index (κ3) is 3.73. The van der Waals surface area contributed by atoms with Crippen LogP contribution in [0.25, 0.3) is 0 Å². The lowest BCUT2D eigenvalue weighted by Gasteiger charge is -2.22. The second-order valence-corrected chi connectivity index (χ2v) is 3.27. The second-order valence-electron chi connectivity index (χ2n) is 3.27. The van der Waals surface area contributed by atoms with Gasteiger partial charge in [0.15, 0.2) is 0 Å². The minimum Gasteiger partial charge on any atom is -0.378 e. The van der Waals surface area contributed by atoms with Crippen LogP contribution in [0.3, 0.4) is 0 Å². The lowest BCUT2D eigenvalue weighted by atomic mass is 10.0. The number of rotatable bonds is 4. The van der Waals surface area contributed by atoms with Gasteiger partial charge in [-0.2, -0.15) is 0 Å². The molecule has 0 saturated carbocycles. The lowest BCUT2D eigenvalue weighted by Crippen LogP contribution is -2.19. The highest BCUT2D eigenvalue weighted by Crippen LogP contribution is 2.17. The van der Waals surface area contributed by atoms with Crippen LogP contribution in [-0.2, 0) is 4.74 Å². The molecule has 1 atom stereocenters. The summed E-state index contributed by atoms with van der Waals surface area (Å²) in [5.41, 5.74) is 5.40. The van der Waals surface area contributed by atoms with Crippen molar-refractivity contribution in [3.8, 4) is 0 Å². The van der Waals surface area contributed by atoms with Gasteiger partial charge in [0.1, 0.15) is 0 Å². The van der Waals surface area contributed by atoms with Crippen LogP contribution in [0.2, 0.25) is 0 Å². The van der Waals surface area contributed by atoms with Crippen molar-refractivity contribution in [3.05, 3.63) is 0 Å². The molecule has 1 saturated heterocycles. The molecule has 0 radical (unpaired) electrons. The average molecular weight is 157 g/mol. The smallest absolute Gasteiger partial charge is 0.0575 e. The molecule has 0 bridgehead atoms. The largest absolute Gasteiger partial charge is 0.378 e. The summed E-state index contributed by atoms with van der Waals surface area (Å²) in [7, 11) is 0. The van der Waals surface area contributed by atoms with Gasteiger partial charge in [-0.25, -0.2) is 0 Å². The summed E-state index contributed by atoms with van der Waals surface area (Å²) >= 11 is 0. The summed E-state index contributed by atoms with van der Waals surface area (Å²) in [6.07, 6.45) is 8.04. The molecule has 2 N–H and O–H groups in total. The fourth-order valence-electron chi connectivity index (χ4n) is 1.55. The highest BCUT2D eigenvalue weighted by molar-refractivity contribution is 4.63. The van der Waals surface area contributed by atoms with Gasteiger partial charge in [-0.1, -0.05) is 0 Å². The van der Waals surface area contributed by atoms with Crippen LogP contribution in [-0.4, -0.2) is 19.3 Å². The SMILES string of the molecule is NCCCCC1CCCCO1. The van der Waals surface area contributed by atoms with Crippen molar-refractivity contribution in [1.29, 1.82) is 0 Å². The number of nitrogens with two attached hydrogens (primary N) is 1. The van der Waals surface area contributed by atoms with E-state index in [1.54, 1.807) is 0 Å². The van der Waals surface area contributed by atoms with Crippen molar-refractivity contribution in [1.82, 2.24) is 0 Å². The number of hydrogen-bond donors (Lipinski definition) is 1. The quantitative estimate of drug-likeness (QED) is 0.630. The summed E-state index contributed by atoms with van der Waals surface area (Å²) in [6, 6.07) is 0. The van der Waals surface area contributed by atoms with Gasteiger partial charge in [-0.05, 0) is 45.1 Å². The highest BCUT2D eigenvalue weighted by Gasteiger charge is 2.12. The summed E-state index contributed by atoms with van der Waals surface area (Å²) in [5.74, 6) is 0. The Morgan fingerprint density at radius 1 is 1.27 bits per heavy atom. The molecule has 1 rings (SSSR count). The molecule has 66 valence electrons. The Kier molecular flexibility index (Phi) is 4.55. The fourth-order valence-corrected chi connectivity index (χ4v) is 1.55. The van der Waals surface area contributed by atoms with Gasteiger partial charge in [-0.15, -0.1) is 0 Å². The van der Waals surface area contributed by atoms with Crippen molar-refractivity contribution >= 4 is 0 Å². The summed E-state index contributed by atoms with van der Waals surface area (Å²) in [5, 5.41) is 0. The van der Waals surface area contributed by atoms with E-state index in [1.807, 2.05) is 0 Å². The molecule has 0 spiro atoms. The first-order chi connectivity index (χ1) is 5.43. The normalized spacial score (nSPS) is 25.4. The fraction of sp³-hybridized carbons (Fsp3) is 1.00. The monoisotopic (exact) mass is 157 g/mol. The molecule has 0 aromatic rings. The van der Waals surface area contributed by atoms with Crippen LogP contribution >= 0.6 is 0 Å². The number of unbranched alkanes of at least 4 members (excludes halogenated alkanes) is 1. The van der Waals surface area contributed by atoms with Crippen LogP contribution in [0.15, 0.2) is 0 Å². The van der Waals surface area contributed by atoms with Crippen LogP contribution in [0, 0.1) is 0 Å². The van der Waals surface area contributed by atoms with Crippen molar-refractivity contribution in [2.24, 2.45) is 5.73 Å². The van der Waals surface area contributed by atoms with Crippen molar-refractivity contribution in [2.75, 3.05) is 13.2 Å². The molecule has 1 aliphatic rings. The Hall–Kier alpha value is -0.0800. The lowest BCUT2D eigenvalue weighted by molar-refractivity contribution is 0.00996. The Labute approximate surface area is 69.1 Å². The third-order valence-electron chi connectivity index (χ3n) is 2.25. The summed E-state index contributed by atoms with van der Waals surface area (Å²) in [4.78, 5) is 0. The van der Waals surface area contributed by atoms with E-state index in [9.17, 15) is 0 Å². The summed E-state index contributed by atoms with van der Waals surface area (Å²) < 4.78 is 5.58. The van der Waals surface area contributed by atoms with Gasteiger partial charge in [0.2, 0.25) is 0 Å². The first kappa shape index (κ1) is 9.01. The standard InChI is InChI=1S/C9H19NO/c10-7-3-1-5-9-6-2-4-8-11-9/h9H,1-8,10H2. The minimum atomic E-state index is 0.551. The molecule has 11 heavy (non-hydrogen) atoms. The maximum Gasteiger partial charge on any atom is 0.0575 e. The molecular formula is C9H19NO.